The van der Waals surface area contributed by atoms with Crippen molar-refractivity contribution in [3.63, 3.8) is 0 Å². The zero-order valence-corrected chi connectivity index (χ0v) is 13.0. The van der Waals surface area contributed by atoms with Crippen LogP contribution in [-0.2, 0) is 4.79 Å². The van der Waals surface area contributed by atoms with Crippen LogP contribution in [0.15, 0.2) is 24.3 Å². The molecular weight excluding hydrogens is 296 g/mol. The van der Waals surface area contributed by atoms with Gasteiger partial charge in [-0.2, -0.15) is 5.26 Å². The number of benzene rings is 1. The monoisotopic (exact) mass is 316 g/mol. The van der Waals surface area contributed by atoms with Crippen molar-refractivity contribution in [2.45, 2.75) is 31.8 Å². The van der Waals surface area contributed by atoms with Gasteiger partial charge < -0.3 is 15.7 Å². The molecule has 122 valence electrons. The summed E-state index contributed by atoms with van der Waals surface area (Å²) < 4.78 is 0. The van der Waals surface area contributed by atoms with Gasteiger partial charge in [0.1, 0.15) is 0 Å². The molecule has 2 rings (SSSR count). The molecule has 7 heteroatoms. The third-order valence-electron chi connectivity index (χ3n) is 3.96. The first-order valence-electron chi connectivity index (χ1n) is 7.55. The van der Waals surface area contributed by atoms with E-state index >= 15 is 0 Å². The van der Waals surface area contributed by atoms with Crippen LogP contribution in [0.25, 0.3) is 0 Å². The average molecular weight is 316 g/mol. The summed E-state index contributed by atoms with van der Waals surface area (Å²) in [5.41, 5.74) is 1.05. The van der Waals surface area contributed by atoms with E-state index in [1.807, 2.05) is 17.9 Å². The Labute approximate surface area is 134 Å². The largest absolute Gasteiger partial charge is 0.480 e. The normalized spacial score (nSPS) is 19.5. The molecule has 1 aliphatic rings. The minimum Gasteiger partial charge on any atom is -0.480 e. The van der Waals surface area contributed by atoms with Gasteiger partial charge in [0.25, 0.3) is 0 Å². The van der Waals surface area contributed by atoms with Gasteiger partial charge >= 0.3 is 12.0 Å². The number of hydrogen-bond acceptors (Lipinski definition) is 4. The summed E-state index contributed by atoms with van der Waals surface area (Å²) in [7, 11) is 0. The maximum atomic E-state index is 11.9. The molecule has 7 nitrogen and oxygen atoms in total. The zero-order valence-electron chi connectivity index (χ0n) is 13.0. The number of amides is 2. The van der Waals surface area contributed by atoms with E-state index < -0.39 is 5.97 Å². The Morgan fingerprint density at radius 1 is 1.43 bits per heavy atom. The van der Waals surface area contributed by atoms with Crippen molar-refractivity contribution in [3.05, 3.63) is 29.8 Å². The Kier molecular flexibility index (Phi) is 5.55. The van der Waals surface area contributed by atoms with Gasteiger partial charge in [-0.05, 0) is 37.6 Å². The van der Waals surface area contributed by atoms with Gasteiger partial charge in [-0.3, -0.25) is 9.69 Å². The smallest absolute Gasteiger partial charge is 0.319 e. The fourth-order valence-corrected chi connectivity index (χ4v) is 2.70. The first-order valence-corrected chi connectivity index (χ1v) is 7.55. The number of likely N-dealkylation sites (N-methyl/N-ethyl adjacent to an activating group) is 1. The minimum absolute atomic E-state index is 0.0288. The van der Waals surface area contributed by atoms with Gasteiger partial charge in [0, 0.05) is 17.8 Å². The summed E-state index contributed by atoms with van der Waals surface area (Å²) >= 11 is 0. The van der Waals surface area contributed by atoms with Gasteiger partial charge in [-0.1, -0.05) is 13.0 Å². The number of hydrogen-bond donors (Lipinski definition) is 3. The Hall–Kier alpha value is -2.59. The molecule has 0 atom stereocenters. The lowest BCUT2D eigenvalue weighted by atomic mass is 9.85. The molecule has 1 aromatic rings. The number of carboxylic acid groups (broad SMARTS) is 1. The molecule has 0 saturated heterocycles. The molecule has 1 fully saturated rings. The molecule has 0 aliphatic heterocycles. The SMILES string of the molecule is CCN(CC(=O)O)C1CC(NC(=O)Nc2cccc(C#N)c2)C1. The van der Waals surface area contributed by atoms with Crippen molar-refractivity contribution in [2.24, 2.45) is 0 Å². The molecule has 1 aliphatic carbocycles. The lowest BCUT2D eigenvalue weighted by Crippen LogP contribution is -2.55. The second-order valence-corrected chi connectivity index (χ2v) is 5.57. The van der Waals surface area contributed by atoms with Crippen LogP contribution in [0, 0.1) is 11.3 Å². The van der Waals surface area contributed by atoms with Crippen molar-refractivity contribution in [1.29, 1.82) is 5.26 Å². The molecule has 0 heterocycles. The molecule has 0 spiro atoms. The first-order chi connectivity index (χ1) is 11.0. The minimum atomic E-state index is -0.835. The van der Waals surface area contributed by atoms with Crippen LogP contribution in [0.4, 0.5) is 10.5 Å². The molecule has 0 bridgehead atoms. The summed E-state index contributed by atoms with van der Waals surface area (Å²) in [5.74, 6) is -0.835. The molecule has 1 aromatic carbocycles. The molecule has 2 amide bonds. The summed E-state index contributed by atoms with van der Waals surface area (Å²) in [4.78, 5) is 24.6. The van der Waals surface area contributed by atoms with Crippen LogP contribution in [0.2, 0.25) is 0 Å². The quantitative estimate of drug-likeness (QED) is 0.739. The van der Waals surface area contributed by atoms with Crippen LogP contribution in [-0.4, -0.2) is 47.2 Å². The van der Waals surface area contributed by atoms with Crippen LogP contribution in [0.1, 0.15) is 25.3 Å². The highest BCUT2D eigenvalue weighted by atomic mass is 16.4. The van der Waals surface area contributed by atoms with Crippen molar-refractivity contribution in [1.82, 2.24) is 10.2 Å². The highest BCUT2D eigenvalue weighted by Crippen LogP contribution is 2.25. The van der Waals surface area contributed by atoms with Crippen LogP contribution >= 0.6 is 0 Å². The molecule has 0 radical (unpaired) electrons. The second kappa shape index (κ2) is 7.61. The van der Waals surface area contributed by atoms with Gasteiger partial charge in [-0.25, -0.2) is 4.79 Å². The number of aliphatic carboxylic acids is 1. The van der Waals surface area contributed by atoms with Gasteiger partial charge in [-0.15, -0.1) is 0 Å². The summed E-state index contributed by atoms with van der Waals surface area (Å²) in [6.45, 7) is 2.64. The summed E-state index contributed by atoms with van der Waals surface area (Å²) in [6.07, 6.45) is 1.49. The second-order valence-electron chi connectivity index (χ2n) is 5.57. The fourth-order valence-electron chi connectivity index (χ4n) is 2.70. The average Bonchev–Trinajstić information content (AvgIpc) is 2.48. The highest BCUT2D eigenvalue weighted by Gasteiger charge is 2.34. The van der Waals surface area contributed by atoms with Crippen molar-refractivity contribution >= 4 is 17.7 Å². The Bertz CT molecular complexity index is 620. The predicted octanol–water partition coefficient (Wildman–Crippen LogP) is 1.62. The topological polar surface area (TPSA) is 105 Å². The van der Waals surface area contributed by atoms with Crippen LogP contribution in [0.5, 0.6) is 0 Å². The maximum absolute atomic E-state index is 11.9. The third kappa shape index (κ3) is 4.69. The van der Waals surface area contributed by atoms with Crippen LogP contribution in [0.3, 0.4) is 0 Å². The van der Waals surface area contributed by atoms with Crippen molar-refractivity contribution in [2.75, 3.05) is 18.4 Å². The number of nitrogens with zero attached hydrogens (tertiary/aromatic N) is 2. The van der Waals surface area contributed by atoms with E-state index in [9.17, 15) is 9.59 Å². The van der Waals surface area contributed by atoms with Gasteiger partial charge in [0.15, 0.2) is 0 Å². The molecule has 23 heavy (non-hydrogen) atoms. The predicted molar refractivity (Wildman–Crippen MR) is 85.0 cm³/mol. The maximum Gasteiger partial charge on any atom is 0.319 e. The lowest BCUT2D eigenvalue weighted by molar-refractivity contribution is -0.139. The standard InChI is InChI=1S/C16H20N4O3/c1-2-20(10-15(21)22)14-7-13(8-14)19-16(23)18-12-5-3-4-11(6-12)9-17/h3-6,13-14H,2,7-8,10H2,1H3,(H,21,22)(H2,18,19,23). The Balaban J connectivity index is 1.77. The van der Waals surface area contributed by atoms with E-state index in [1.165, 1.54) is 0 Å². The summed E-state index contributed by atoms with van der Waals surface area (Å²) in [5, 5.41) is 23.2. The number of carbonyl (C=O) groups excluding carboxylic acids is 1. The molecule has 0 unspecified atom stereocenters. The Morgan fingerprint density at radius 3 is 2.78 bits per heavy atom. The lowest BCUT2D eigenvalue weighted by Gasteiger charge is -2.42. The molecular formula is C16H20N4O3. The number of nitriles is 1. The number of nitrogens with one attached hydrogen (secondary N) is 2. The Morgan fingerprint density at radius 2 is 2.17 bits per heavy atom. The first kappa shape index (κ1) is 16.8. The van der Waals surface area contributed by atoms with Crippen molar-refractivity contribution in [3.8, 4) is 6.07 Å². The fraction of sp³-hybridized carbons (Fsp3) is 0.438. The van der Waals surface area contributed by atoms with E-state index in [4.69, 9.17) is 10.4 Å². The van der Waals surface area contributed by atoms with Crippen LogP contribution < -0.4 is 10.6 Å². The molecule has 3 N–H and O–H groups in total. The highest BCUT2D eigenvalue weighted by molar-refractivity contribution is 5.89. The number of urea groups is 1. The number of carboxylic acids is 1. The van der Waals surface area contributed by atoms with E-state index in [1.54, 1.807) is 24.3 Å². The van der Waals surface area contributed by atoms with E-state index in [0.29, 0.717) is 17.8 Å². The van der Waals surface area contributed by atoms with Gasteiger partial charge in [0.05, 0.1) is 18.2 Å². The molecule has 0 aromatic heterocycles. The van der Waals surface area contributed by atoms with Gasteiger partial charge in [0.2, 0.25) is 0 Å². The van der Waals surface area contributed by atoms with E-state index in [0.717, 1.165) is 12.8 Å². The number of carbonyl (C=O) groups is 2. The van der Waals surface area contributed by atoms with E-state index in [2.05, 4.69) is 10.6 Å². The number of anilines is 1. The third-order valence-corrected chi connectivity index (χ3v) is 3.96. The number of rotatable bonds is 6. The van der Waals surface area contributed by atoms with Crippen molar-refractivity contribution < 1.29 is 14.7 Å². The summed E-state index contributed by atoms with van der Waals surface area (Å²) in [6, 6.07) is 8.64. The van der Waals surface area contributed by atoms with E-state index in [-0.39, 0.29) is 24.7 Å². The molecule has 1 saturated carbocycles. The zero-order chi connectivity index (χ0) is 16.8.